The van der Waals surface area contributed by atoms with Crippen LogP contribution in [0, 0.1) is 6.92 Å². The van der Waals surface area contributed by atoms with Crippen LogP contribution in [-0.2, 0) is 13.2 Å². The molecule has 0 aliphatic rings. The summed E-state index contributed by atoms with van der Waals surface area (Å²) in [5.41, 5.74) is 2.50. The second-order valence-electron chi connectivity index (χ2n) is 8.38. The Balaban J connectivity index is 1.29. The third-order valence-electron chi connectivity index (χ3n) is 5.52. The van der Waals surface area contributed by atoms with Crippen LogP contribution in [0.15, 0.2) is 77.2 Å². The first-order chi connectivity index (χ1) is 18.4. The van der Waals surface area contributed by atoms with E-state index in [0.29, 0.717) is 59.3 Å². The number of carbonyl (C=O) groups is 1. The molecular formula is C30H30ClNO6. The van der Waals surface area contributed by atoms with Gasteiger partial charge in [-0.2, -0.15) is 0 Å². The van der Waals surface area contributed by atoms with Crippen molar-refractivity contribution >= 4 is 23.2 Å². The van der Waals surface area contributed by atoms with E-state index in [2.05, 4.69) is 5.32 Å². The van der Waals surface area contributed by atoms with Crippen LogP contribution in [0.1, 0.15) is 41.3 Å². The van der Waals surface area contributed by atoms with Crippen molar-refractivity contribution in [3.63, 3.8) is 0 Å². The van der Waals surface area contributed by atoms with Crippen molar-refractivity contribution < 1.29 is 28.2 Å². The molecule has 0 unspecified atom stereocenters. The monoisotopic (exact) mass is 535 g/mol. The van der Waals surface area contributed by atoms with Crippen LogP contribution >= 0.6 is 11.6 Å². The van der Waals surface area contributed by atoms with Crippen molar-refractivity contribution in [1.29, 1.82) is 0 Å². The van der Waals surface area contributed by atoms with Crippen molar-refractivity contribution in [2.24, 2.45) is 0 Å². The lowest BCUT2D eigenvalue weighted by atomic mass is 10.2. The van der Waals surface area contributed by atoms with Gasteiger partial charge in [-0.05, 0) is 98.6 Å². The van der Waals surface area contributed by atoms with Crippen LogP contribution in [0.3, 0.4) is 0 Å². The van der Waals surface area contributed by atoms with Crippen LogP contribution in [-0.4, -0.2) is 19.1 Å². The van der Waals surface area contributed by atoms with Crippen molar-refractivity contribution in [1.82, 2.24) is 0 Å². The summed E-state index contributed by atoms with van der Waals surface area (Å²) in [5, 5.41) is 3.48. The minimum atomic E-state index is -0.356. The Morgan fingerprint density at radius 1 is 0.789 bits per heavy atom. The lowest BCUT2D eigenvalue weighted by Gasteiger charge is -2.13. The second kappa shape index (κ2) is 12.9. The molecule has 4 rings (SSSR count). The average molecular weight is 536 g/mol. The van der Waals surface area contributed by atoms with E-state index in [9.17, 15) is 4.79 Å². The maximum absolute atomic E-state index is 12.6. The number of hydrogen-bond donors (Lipinski definition) is 1. The Morgan fingerprint density at radius 2 is 1.53 bits per heavy atom. The van der Waals surface area contributed by atoms with Gasteiger partial charge in [0.2, 0.25) is 0 Å². The molecule has 0 bridgehead atoms. The molecule has 7 nitrogen and oxygen atoms in total. The first kappa shape index (κ1) is 26.9. The smallest absolute Gasteiger partial charge is 0.291 e. The lowest BCUT2D eigenvalue weighted by molar-refractivity contribution is 0.0992. The van der Waals surface area contributed by atoms with Crippen LogP contribution in [0.4, 0.5) is 5.69 Å². The van der Waals surface area contributed by atoms with E-state index < -0.39 is 0 Å². The fourth-order valence-electron chi connectivity index (χ4n) is 3.68. The van der Waals surface area contributed by atoms with Crippen LogP contribution in [0.25, 0.3) is 0 Å². The maximum atomic E-state index is 12.6. The van der Waals surface area contributed by atoms with Gasteiger partial charge in [-0.25, -0.2) is 0 Å². The summed E-state index contributed by atoms with van der Waals surface area (Å²) >= 11 is 5.98. The highest BCUT2D eigenvalue weighted by Gasteiger charge is 2.13. The van der Waals surface area contributed by atoms with E-state index in [4.69, 9.17) is 35.0 Å². The zero-order valence-electron chi connectivity index (χ0n) is 21.6. The predicted molar refractivity (Wildman–Crippen MR) is 147 cm³/mol. The van der Waals surface area contributed by atoms with Crippen molar-refractivity contribution in [2.75, 3.05) is 18.5 Å². The number of ether oxygens (including phenoxy) is 4. The van der Waals surface area contributed by atoms with Crippen LogP contribution in [0.2, 0.25) is 5.02 Å². The van der Waals surface area contributed by atoms with Crippen LogP contribution in [0.5, 0.6) is 23.0 Å². The van der Waals surface area contributed by atoms with Crippen LogP contribution < -0.4 is 24.3 Å². The number of hydrogen-bond acceptors (Lipinski definition) is 6. The number of nitrogens with one attached hydrogen (secondary N) is 1. The summed E-state index contributed by atoms with van der Waals surface area (Å²) in [5.74, 6) is 3.16. The molecule has 0 saturated heterocycles. The number of aryl methyl sites for hydroxylation is 1. The highest BCUT2D eigenvalue weighted by molar-refractivity contribution is 6.30. The molecule has 0 spiro atoms. The Labute approximate surface area is 227 Å². The molecule has 1 heterocycles. The second-order valence-corrected chi connectivity index (χ2v) is 8.82. The van der Waals surface area contributed by atoms with E-state index in [1.165, 1.54) is 0 Å². The number of halogens is 1. The fraction of sp³-hybridized carbons (Fsp3) is 0.233. The quantitative estimate of drug-likeness (QED) is 0.203. The van der Waals surface area contributed by atoms with Gasteiger partial charge in [-0.3, -0.25) is 4.79 Å². The minimum absolute atomic E-state index is 0.192. The highest BCUT2D eigenvalue weighted by Crippen LogP contribution is 2.29. The molecule has 1 aromatic heterocycles. The van der Waals surface area contributed by atoms with Gasteiger partial charge in [0, 0.05) is 10.7 Å². The Bertz CT molecular complexity index is 1370. The molecular weight excluding hydrogens is 506 g/mol. The molecule has 8 heteroatoms. The largest absolute Gasteiger partial charge is 0.490 e. The zero-order valence-corrected chi connectivity index (χ0v) is 22.3. The number of rotatable bonds is 12. The summed E-state index contributed by atoms with van der Waals surface area (Å²) in [6.45, 7) is 7.46. The van der Waals surface area contributed by atoms with Gasteiger partial charge in [-0.15, -0.1) is 0 Å². The molecule has 3 aromatic carbocycles. The summed E-state index contributed by atoms with van der Waals surface area (Å²) < 4.78 is 28.6. The number of benzene rings is 3. The van der Waals surface area contributed by atoms with Gasteiger partial charge in [-0.1, -0.05) is 17.7 Å². The van der Waals surface area contributed by atoms with Crippen molar-refractivity contribution in [3.8, 4) is 23.0 Å². The molecule has 0 aliphatic carbocycles. The van der Waals surface area contributed by atoms with Gasteiger partial charge in [0.05, 0.1) is 13.2 Å². The fourth-order valence-corrected chi connectivity index (χ4v) is 3.91. The number of furan rings is 1. The SMILES string of the molecule is CCOc1ccc(COc2ccc(NC(=O)c3ccc(COc4ccc(Cl)cc4C)o3)cc2)cc1OCC. The van der Waals surface area contributed by atoms with Crippen molar-refractivity contribution in [3.05, 3.63) is 100 Å². The molecule has 0 fully saturated rings. The van der Waals surface area contributed by atoms with Gasteiger partial charge in [0.25, 0.3) is 5.91 Å². The van der Waals surface area contributed by atoms with Gasteiger partial charge < -0.3 is 28.7 Å². The van der Waals surface area contributed by atoms with Gasteiger partial charge in [0.15, 0.2) is 17.3 Å². The third kappa shape index (κ3) is 7.23. The number of anilines is 1. The van der Waals surface area contributed by atoms with Gasteiger partial charge >= 0.3 is 0 Å². The molecule has 0 radical (unpaired) electrons. The minimum Gasteiger partial charge on any atom is -0.490 e. The first-order valence-electron chi connectivity index (χ1n) is 12.4. The number of amides is 1. The van der Waals surface area contributed by atoms with E-state index in [-0.39, 0.29) is 18.3 Å². The van der Waals surface area contributed by atoms with Gasteiger partial charge in [0.1, 0.15) is 30.5 Å². The van der Waals surface area contributed by atoms with E-state index in [1.807, 2.05) is 45.0 Å². The van der Waals surface area contributed by atoms with Crippen molar-refractivity contribution in [2.45, 2.75) is 34.0 Å². The zero-order chi connectivity index (χ0) is 26.9. The molecule has 1 N–H and O–H groups in total. The summed E-state index contributed by atoms with van der Waals surface area (Å²) in [6, 6.07) is 21.6. The standard InChI is InChI=1S/C30H30ClNO6/c1-4-34-27-13-6-21(17-29(27)35-5-2)18-36-24-10-8-23(9-11-24)32-30(33)28-15-12-25(38-28)19-37-26-14-7-22(31)16-20(26)3/h6-17H,4-5,18-19H2,1-3H3,(H,32,33). The van der Waals surface area contributed by atoms with E-state index >= 15 is 0 Å². The Kier molecular flexibility index (Phi) is 9.16. The molecule has 0 saturated carbocycles. The normalized spacial score (nSPS) is 10.6. The molecule has 0 atom stereocenters. The summed E-state index contributed by atoms with van der Waals surface area (Å²) in [6.07, 6.45) is 0. The van der Waals surface area contributed by atoms with E-state index in [1.54, 1.807) is 48.5 Å². The molecule has 198 valence electrons. The predicted octanol–water partition coefficient (Wildman–Crippen LogP) is 7.45. The molecule has 4 aromatic rings. The Hall–Kier alpha value is -4.10. The first-order valence-corrected chi connectivity index (χ1v) is 12.7. The summed E-state index contributed by atoms with van der Waals surface area (Å²) in [4.78, 5) is 12.6. The lowest BCUT2D eigenvalue weighted by Crippen LogP contribution is -2.10. The highest BCUT2D eigenvalue weighted by atomic mass is 35.5. The molecule has 38 heavy (non-hydrogen) atoms. The van der Waals surface area contributed by atoms with E-state index in [0.717, 1.165) is 11.1 Å². The molecule has 1 amide bonds. The molecule has 0 aliphatic heterocycles. The third-order valence-corrected chi connectivity index (χ3v) is 5.75. The topological polar surface area (TPSA) is 79.2 Å². The summed E-state index contributed by atoms with van der Waals surface area (Å²) in [7, 11) is 0. The number of carbonyl (C=O) groups excluding carboxylic acids is 1. The Morgan fingerprint density at radius 3 is 2.26 bits per heavy atom. The maximum Gasteiger partial charge on any atom is 0.291 e. The average Bonchev–Trinajstić information content (AvgIpc) is 3.39.